The smallest absolute Gasteiger partial charge is 0.222 e. The molecule has 2 aliphatic rings. The molecule has 0 unspecified atom stereocenters. The molecule has 0 saturated carbocycles. The molecule has 94 valence electrons. The topological polar surface area (TPSA) is 52.7 Å². The third kappa shape index (κ3) is 3.22. The number of amides is 1. The number of nitrogens with one attached hydrogen (secondary N) is 1. The van der Waals surface area contributed by atoms with E-state index in [1.165, 1.54) is 0 Å². The second-order valence-corrected chi connectivity index (χ2v) is 4.70. The Morgan fingerprint density at radius 3 is 2.88 bits per heavy atom. The Labute approximate surface area is 101 Å². The van der Waals surface area contributed by atoms with Crippen molar-refractivity contribution in [3.63, 3.8) is 0 Å². The van der Waals surface area contributed by atoms with E-state index in [9.17, 15) is 9.59 Å². The molecule has 0 aromatic heterocycles. The van der Waals surface area contributed by atoms with Crippen LogP contribution in [-0.4, -0.2) is 48.3 Å². The van der Waals surface area contributed by atoms with Crippen molar-refractivity contribution in [2.24, 2.45) is 0 Å². The minimum atomic E-state index is 0.114. The van der Waals surface area contributed by atoms with E-state index < -0.39 is 0 Å². The maximum atomic E-state index is 11.8. The van der Waals surface area contributed by atoms with Gasteiger partial charge in [-0.3, -0.25) is 9.59 Å². The van der Waals surface area contributed by atoms with Gasteiger partial charge in [0.2, 0.25) is 5.91 Å². The van der Waals surface area contributed by atoms with Gasteiger partial charge in [0, 0.05) is 44.8 Å². The van der Waals surface area contributed by atoms with Gasteiger partial charge in [-0.2, -0.15) is 0 Å². The first-order valence-electron chi connectivity index (χ1n) is 6.09. The number of rotatable bonds is 3. The Balaban J connectivity index is 1.86. The highest BCUT2D eigenvalue weighted by Gasteiger charge is 2.21. The van der Waals surface area contributed by atoms with Gasteiger partial charge < -0.3 is 15.1 Å². The molecule has 1 fully saturated rings. The maximum Gasteiger partial charge on any atom is 0.222 e. The number of carbonyl (C=O) groups excluding carboxylic acids is 2. The van der Waals surface area contributed by atoms with Crippen molar-refractivity contribution >= 4 is 11.7 Å². The zero-order valence-corrected chi connectivity index (χ0v) is 10.2. The minimum absolute atomic E-state index is 0.114. The average Bonchev–Trinajstić information content (AvgIpc) is 2.62. The number of hydrogen-bond donors (Lipinski definition) is 1. The predicted molar refractivity (Wildman–Crippen MR) is 63.9 cm³/mol. The van der Waals surface area contributed by atoms with Crippen LogP contribution < -0.4 is 5.32 Å². The first kappa shape index (κ1) is 12.0. The fraction of sp³-hybridized carbons (Fsp3) is 0.667. The number of likely N-dealkylation sites (tertiary alicyclic amines) is 1. The van der Waals surface area contributed by atoms with Crippen LogP contribution in [0.15, 0.2) is 11.9 Å². The molecule has 5 nitrogen and oxygen atoms in total. The van der Waals surface area contributed by atoms with Gasteiger partial charge in [-0.15, -0.1) is 0 Å². The Morgan fingerprint density at radius 1 is 1.35 bits per heavy atom. The summed E-state index contributed by atoms with van der Waals surface area (Å²) in [4.78, 5) is 27.0. The number of nitrogens with zero attached hydrogens (tertiary/aromatic N) is 2. The molecular formula is C12H19N3O2. The molecular weight excluding hydrogens is 218 g/mol. The SMILES string of the molecule is CN1C=C(CCN2CC(=O)CCCC2=O)NC1. The molecule has 2 heterocycles. The normalized spacial score (nSPS) is 21.4. The van der Waals surface area contributed by atoms with Crippen molar-refractivity contribution in [2.45, 2.75) is 25.7 Å². The van der Waals surface area contributed by atoms with E-state index in [-0.39, 0.29) is 11.7 Å². The highest BCUT2D eigenvalue weighted by molar-refractivity contribution is 5.88. The minimum Gasteiger partial charge on any atom is -0.370 e. The standard InChI is InChI=1S/C12H19N3O2/c1-14-7-10(13-9-14)5-6-15-8-11(16)3-2-4-12(15)17/h7,13H,2-6,8-9H2,1H3. The summed E-state index contributed by atoms with van der Waals surface area (Å²) in [5.41, 5.74) is 1.14. The fourth-order valence-electron chi connectivity index (χ4n) is 2.17. The molecule has 1 N–H and O–H groups in total. The molecule has 17 heavy (non-hydrogen) atoms. The van der Waals surface area contributed by atoms with E-state index in [2.05, 4.69) is 10.2 Å². The zero-order valence-electron chi connectivity index (χ0n) is 10.2. The van der Waals surface area contributed by atoms with Crippen LogP contribution in [0.25, 0.3) is 0 Å². The molecule has 5 heteroatoms. The van der Waals surface area contributed by atoms with E-state index in [4.69, 9.17) is 0 Å². The molecule has 0 atom stereocenters. The van der Waals surface area contributed by atoms with Crippen LogP contribution in [0.2, 0.25) is 0 Å². The van der Waals surface area contributed by atoms with Gasteiger partial charge in [0.15, 0.2) is 5.78 Å². The number of hydrogen-bond acceptors (Lipinski definition) is 4. The molecule has 0 spiro atoms. The lowest BCUT2D eigenvalue weighted by atomic mass is 10.2. The highest BCUT2D eigenvalue weighted by atomic mass is 16.2. The third-order valence-electron chi connectivity index (χ3n) is 3.15. The second kappa shape index (κ2) is 5.21. The van der Waals surface area contributed by atoms with Crippen molar-refractivity contribution in [1.82, 2.24) is 15.1 Å². The summed E-state index contributed by atoms with van der Waals surface area (Å²) in [6, 6.07) is 0. The van der Waals surface area contributed by atoms with Crippen molar-refractivity contribution < 1.29 is 9.59 Å². The number of carbonyl (C=O) groups is 2. The van der Waals surface area contributed by atoms with Crippen LogP contribution in [0, 0.1) is 0 Å². The Bertz CT molecular complexity index is 352. The second-order valence-electron chi connectivity index (χ2n) is 4.70. The summed E-state index contributed by atoms with van der Waals surface area (Å²) >= 11 is 0. The van der Waals surface area contributed by atoms with Crippen molar-refractivity contribution in [3.8, 4) is 0 Å². The summed E-state index contributed by atoms with van der Waals surface area (Å²) < 4.78 is 0. The number of Topliss-reactive ketones (excluding diaryl/α,β-unsaturated/α-hetero) is 1. The summed E-state index contributed by atoms with van der Waals surface area (Å²) in [7, 11) is 2.00. The van der Waals surface area contributed by atoms with Crippen LogP contribution >= 0.6 is 0 Å². The average molecular weight is 237 g/mol. The van der Waals surface area contributed by atoms with Gasteiger partial charge >= 0.3 is 0 Å². The largest absolute Gasteiger partial charge is 0.370 e. The molecule has 1 saturated heterocycles. The van der Waals surface area contributed by atoms with Crippen LogP contribution in [0.5, 0.6) is 0 Å². The quantitative estimate of drug-likeness (QED) is 0.766. The first-order chi connectivity index (χ1) is 8.15. The lowest BCUT2D eigenvalue weighted by molar-refractivity contribution is -0.133. The van der Waals surface area contributed by atoms with Gasteiger partial charge in [0.25, 0.3) is 0 Å². The Morgan fingerprint density at radius 2 is 2.18 bits per heavy atom. The van der Waals surface area contributed by atoms with Crippen LogP contribution in [0.1, 0.15) is 25.7 Å². The molecule has 0 radical (unpaired) electrons. The summed E-state index contributed by atoms with van der Waals surface area (Å²) in [5.74, 6) is 0.295. The van der Waals surface area contributed by atoms with Crippen LogP contribution in [0.4, 0.5) is 0 Å². The van der Waals surface area contributed by atoms with Gasteiger partial charge in [0.1, 0.15) is 0 Å². The Kier molecular flexibility index (Phi) is 3.66. The molecule has 0 aromatic rings. The van der Waals surface area contributed by atoms with Crippen LogP contribution in [-0.2, 0) is 9.59 Å². The van der Waals surface area contributed by atoms with Crippen LogP contribution in [0.3, 0.4) is 0 Å². The molecule has 2 rings (SSSR count). The van der Waals surface area contributed by atoms with Gasteiger partial charge in [-0.25, -0.2) is 0 Å². The lowest BCUT2D eigenvalue weighted by Gasteiger charge is -2.19. The predicted octanol–water partition coefficient (Wildman–Crippen LogP) is 0.292. The summed E-state index contributed by atoms with van der Waals surface area (Å²) in [6.07, 6.45) is 4.61. The van der Waals surface area contributed by atoms with E-state index in [0.29, 0.717) is 32.4 Å². The number of ketones is 1. The van der Waals surface area contributed by atoms with E-state index >= 15 is 0 Å². The maximum absolute atomic E-state index is 11.8. The molecule has 1 amide bonds. The van der Waals surface area contributed by atoms with E-state index in [0.717, 1.165) is 18.8 Å². The van der Waals surface area contributed by atoms with Gasteiger partial charge in [-0.05, 0) is 6.42 Å². The lowest BCUT2D eigenvalue weighted by Crippen LogP contribution is -2.34. The summed E-state index contributed by atoms with van der Waals surface area (Å²) in [6.45, 7) is 1.75. The van der Waals surface area contributed by atoms with Gasteiger partial charge in [-0.1, -0.05) is 0 Å². The zero-order chi connectivity index (χ0) is 12.3. The van der Waals surface area contributed by atoms with Crippen molar-refractivity contribution in [1.29, 1.82) is 0 Å². The molecule has 0 aliphatic carbocycles. The fourth-order valence-corrected chi connectivity index (χ4v) is 2.17. The van der Waals surface area contributed by atoms with Gasteiger partial charge in [0.05, 0.1) is 13.2 Å². The molecule has 0 bridgehead atoms. The molecule has 0 aromatic carbocycles. The van der Waals surface area contributed by atoms with E-state index in [1.807, 2.05) is 13.2 Å². The molecule has 2 aliphatic heterocycles. The monoisotopic (exact) mass is 237 g/mol. The highest BCUT2D eigenvalue weighted by Crippen LogP contribution is 2.12. The van der Waals surface area contributed by atoms with Crippen molar-refractivity contribution in [3.05, 3.63) is 11.9 Å². The third-order valence-corrected chi connectivity index (χ3v) is 3.15. The Hall–Kier alpha value is -1.52. The van der Waals surface area contributed by atoms with Crippen molar-refractivity contribution in [2.75, 3.05) is 26.8 Å². The first-order valence-corrected chi connectivity index (χ1v) is 6.09. The summed E-state index contributed by atoms with van der Waals surface area (Å²) in [5, 5.41) is 3.25. The van der Waals surface area contributed by atoms with E-state index in [1.54, 1.807) is 4.90 Å².